The molecule has 100 valence electrons. The zero-order valence-electron chi connectivity index (χ0n) is 10.5. The van der Waals surface area contributed by atoms with Crippen molar-refractivity contribution in [1.82, 2.24) is 4.90 Å². The first-order chi connectivity index (χ1) is 9.22. The van der Waals surface area contributed by atoms with Gasteiger partial charge < -0.3 is 15.4 Å². The smallest absolute Gasteiger partial charge is 0.255 e. The van der Waals surface area contributed by atoms with Crippen LogP contribution in [0.5, 0.6) is 0 Å². The quantitative estimate of drug-likeness (QED) is 0.754. The molecular weight excluding hydrogens is 247 g/mol. The predicted molar refractivity (Wildman–Crippen MR) is 69.1 cm³/mol. The van der Waals surface area contributed by atoms with Gasteiger partial charge in [-0.15, -0.1) is 0 Å². The number of carbonyl (C=O) groups excluding carboxylic acids is 1. The highest BCUT2D eigenvalue weighted by Crippen LogP contribution is 2.14. The van der Waals surface area contributed by atoms with Crippen LogP contribution in [-0.4, -0.2) is 43.7 Å². The third-order valence-corrected chi connectivity index (χ3v) is 2.84. The number of nitrogens with zero attached hydrogens (tertiary/aromatic N) is 1. The summed E-state index contributed by atoms with van der Waals surface area (Å²) < 4.78 is 18.4. The van der Waals surface area contributed by atoms with E-state index in [2.05, 4.69) is 11.8 Å². The molecule has 1 aromatic rings. The van der Waals surface area contributed by atoms with E-state index in [-0.39, 0.29) is 12.5 Å². The van der Waals surface area contributed by atoms with E-state index in [1.807, 2.05) is 0 Å². The Bertz CT molecular complexity index is 528. The molecular formula is C14H15FN2O2. The van der Waals surface area contributed by atoms with Gasteiger partial charge >= 0.3 is 0 Å². The standard InChI is InChI=1S/C14H15FN2O2/c15-12-3-4-13(11(10-12)2-1-5-16)14(18)17-6-8-19-9-7-17/h3-4,10H,5-9,16H2. The van der Waals surface area contributed by atoms with Crippen LogP contribution in [0.15, 0.2) is 18.2 Å². The Balaban J connectivity index is 2.29. The molecule has 1 fully saturated rings. The third-order valence-electron chi connectivity index (χ3n) is 2.84. The Morgan fingerprint density at radius 2 is 2.16 bits per heavy atom. The number of benzene rings is 1. The van der Waals surface area contributed by atoms with Crippen molar-refractivity contribution in [3.8, 4) is 11.8 Å². The van der Waals surface area contributed by atoms with Gasteiger partial charge in [0.15, 0.2) is 0 Å². The Morgan fingerprint density at radius 1 is 1.42 bits per heavy atom. The lowest BCUT2D eigenvalue weighted by molar-refractivity contribution is 0.0302. The van der Waals surface area contributed by atoms with Crippen molar-refractivity contribution in [2.75, 3.05) is 32.8 Å². The highest BCUT2D eigenvalue weighted by atomic mass is 19.1. The van der Waals surface area contributed by atoms with Gasteiger partial charge in [0.2, 0.25) is 0 Å². The van der Waals surface area contributed by atoms with Crippen molar-refractivity contribution in [3.63, 3.8) is 0 Å². The van der Waals surface area contributed by atoms with E-state index in [1.165, 1.54) is 18.2 Å². The van der Waals surface area contributed by atoms with E-state index in [1.54, 1.807) is 4.90 Å². The van der Waals surface area contributed by atoms with Crippen LogP contribution in [0.25, 0.3) is 0 Å². The number of carbonyl (C=O) groups is 1. The average molecular weight is 262 g/mol. The summed E-state index contributed by atoms with van der Waals surface area (Å²) in [4.78, 5) is 14.0. The van der Waals surface area contributed by atoms with E-state index in [9.17, 15) is 9.18 Å². The van der Waals surface area contributed by atoms with Crippen molar-refractivity contribution in [2.45, 2.75) is 0 Å². The summed E-state index contributed by atoms with van der Waals surface area (Å²) in [6.07, 6.45) is 0. The fraction of sp³-hybridized carbons (Fsp3) is 0.357. The summed E-state index contributed by atoms with van der Waals surface area (Å²) in [6, 6.07) is 3.99. The summed E-state index contributed by atoms with van der Waals surface area (Å²) in [6.45, 7) is 2.30. The minimum Gasteiger partial charge on any atom is -0.378 e. The molecule has 1 aromatic carbocycles. The van der Waals surface area contributed by atoms with Crippen LogP contribution >= 0.6 is 0 Å². The van der Waals surface area contributed by atoms with Gasteiger partial charge in [-0.05, 0) is 18.2 Å². The molecule has 0 aliphatic carbocycles. The molecule has 2 rings (SSSR count). The first-order valence-corrected chi connectivity index (χ1v) is 6.08. The molecule has 2 N–H and O–H groups in total. The molecule has 0 aromatic heterocycles. The molecule has 0 saturated carbocycles. The highest BCUT2D eigenvalue weighted by Gasteiger charge is 2.20. The van der Waals surface area contributed by atoms with Gasteiger partial charge in [-0.1, -0.05) is 11.8 Å². The molecule has 4 nitrogen and oxygen atoms in total. The maximum absolute atomic E-state index is 13.2. The number of hydrogen-bond donors (Lipinski definition) is 1. The fourth-order valence-corrected chi connectivity index (χ4v) is 1.89. The summed E-state index contributed by atoms with van der Waals surface area (Å²) >= 11 is 0. The fourth-order valence-electron chi connectivity index (χ4n) is 1.89. The Kier molecular flexibility index (Phi) is 4.50. The first-order valence-electron chi connectivity index (χ1n) is 6.08. The molecule has 0 bridgehead atoms. The topological polar surface area (TPSA) is 55.6 Å². The van der Waals surface area contributed by atoms with Crippen LogP contribution in [0.4, 0.5) is 4.39 Å². The van der Waals surface area contributed by atoms with Crippen LogP contribution in [-0.2, 0) is 4.74 Å². The lowest BCUT2D eigenvalue weighted by Crippen LogP contribution is -2.41. The lowest BCUT2D eigenvalue weighted by atomic mass is 10.1. The Labute approximate surface area is 111 Å². The number of halogens is 1. The minimum absolute atomic E-state index is 0.148. The van der Waals surface area contributed by atoms with Crippen LogP contribution in [0.1, 0.15) is 15.9 Å². The van der Waals surface area contributed by atoms with Crippen molar-refractivity contribution in [1.29, 1.82) is 0 Å². The van der Waals surface area contributed by atoms with Gasteiger partial charge in [-0.3, -0.25) is 4.79 Å². The second-order valence-corrected chi connectivity index (χ2v) is 4.10. The van der Waals surface area contributed by atoms with Gasteiger partial charge in [0, 0.05) is 18.7 Å². The van der Waals surface area contributed by atoms with Crippen molar-refractivity contribution < 1.29 is 13.9 Å². The van der Waals surface area contributed by atoms with Crippen LogP contribution in [0.3, 0.4) is 0 Å². The average Bonchev–Trinajstić information content (AvgIpc) is 2.45. The van der Waals surface area contributed by atoms with Crippen LogP contribution < -0.4 is 5.73 Å². The number of rotatable bonds is 1. The van der Waals surface area contributed by atoms with E-state index in [0.717, 1.165) is 0 Å². The molecule has 1 saturated heterocycles. The molecule has 0 spiro atoms. The van der Waals surface area contributed by atoms with E-state index >= 15 is 0 Å². The van der Waals surface area contributed by atoms with Gasteiger partial charge in [-0.25, -0.2) is 4.39 Å². The zero-order valence-corrected chi connectivity index (χ0v) is 10.5. The molecule has 1 heterocycles. The van der Waals surface area contributed by atoms with Gasteiger partial charge in [0.25, 0.3) is 5.91 Å². The monoisotopic (exact) mass is 262 g/mol. The van der Waals surface area contributed by atoms with E-state index in [0.29, 0.717) is 37.4 Å². The molecule has 1 amide bonds. The van der Waals surface area contributed by atoms with Crippen molar-refractivity contribution in [2.24, 2.45) is 5.73 Å². The number of ether oxygens (including phenoxy) is 1. The third kappa shape index (κ3) is 3.31. The normalized spacial score (nSPS) is 14.7. The second-order valence-electron chi connectivity index (χ2n) is 4.10. The summed E-state index contributed by atoms with van der Waals surface area (Å²) in [5.74, 6) is 4.82. The predicted octanol–water partition coefficient (Wildman–Crippen LogP) is 0.608. The number of hydrogen-bond acceptors (Lipinski definition) is 3. The van der Waals surface area contributed by atoms with Crippen LogP contribution in [0, 0.1) is 17.7 Å². The Hall–Kier alpha value is -1.90. The maximum Gasteiger partial charge on any atom is 0.255 e. The second kappa shape index (κ2) is 6.32. The summed E-state index contributed by atoms with van der Waals surface area (Å²) in [5, 5.41) is 0. The molecule has 5 heteroatoms. The largest absolute Gasteiger partial charge is 0.378 e. The molecule has 0 unspecified atom stereocenters. The molecule has 19 heavy (non-hydrogen) atoms. The van der Waals surface area contributed by atoms with Gasteiger partial charge in [0.05, 0.1) is 25.3 Å². The van der Waals surface area contributed by atoms with Crippen LogP contribution in [0.2, 0.25) is 0 Å². The van der Waals surface area contributed by atoms with Crippen molar-refractivity contribution in [3.05, 3.63) is 35.1 Å². The number of morpholine rings is 1. The Morgan fingerprint density at radius 3 is 2.84 bits per heavy atom. The van der Waals surface area contributed by atoms with Crippen molar-refractivity contribution >= 4 is 5.91 Å². The molecule has 1 aliphatic heterocycles. The highest BCUT2D eigenvalue weighted by molar-refractivity contribution is 5.96. The maximum atomic E-state index is 13.2. The molecule has 0 radical (unpaired) electrons. The van der Waals surface area contributed by atoms with Gasteiger partial charge in [-0.2, -0.15) is 0 Å². The number of nitrogens with two attached hydrogens (primary N) is 1. The van der Waals surface area contributed by atoms with E-state index in [4.69, 9.17) is 10.5 Å². The molecule has 0 atom stereocenters. The first kappa shape index (κ1) is 13.5. The number of amides is 1. The minimum atomic E-state index is -0.417. The lowest BCUT2D eigenvalue weighted by Gasteiger charge is -2.27. The van der Waals surface area contributed by atoms with Gasteiger partial charge in [0.1, 0.15) is 5.82 Å². The zero-order chi connectivity index (χ0) is 13.7. The SMILES string of the molecule is NCC#Cc1cc(F)ccc1C(=O)N1CCOCC1. The van der Waals surface area contributed by atoms with E-state index < -0.39 is 5.82 Å². The molecule has 1 aliphatic rings. The summed E-state index contributed by atoms with van der Waals surface area (Å²) in [5.41, 5.74) is 6.09. The summed E-state index contributed by atoms with van der Waals surface area (Å²) in [7, 11) is 0.